The molecule has 2 heterocycles. The first-order valence-electron chi connectivity index (χ1n) is 11.7. The number of quaternary nitrogens is 1. The minimum Gasteiger partial charge on any atom is -0.394 e. The lowest BCUT2D eigenvalue weighted by Gasteiger charge is -2.45. The summed E-state index contributed by atoms with van der Waals surface area (Å²) in [4.78, 5) is 9.98. The van der Waals surface area contributed by atoms with Gasteiger partial charge in [-0.3, -0.25) is 0 Å². The highest BCUT2D eigenvalue weighted by Crippen LogP contribution is 2.40. The molecule has 2 aromatic carbocycles. The fourth-order valence-corrected chi connectivity index (χ4v) is 5.44. The van der Waals surface area contributed by atoms with Crippen LogP contribution in [0.4, 0.5) is 5.69 Å². The minimum absolute atomic E-state index is 0.0477. The van der Waals surface area contributed by atoms with E-state index in [1.165, 1.54) is 15.4 Å². The first kappa shape index (κ1) is 24.2. The first-order chi connectivity index (χ1) is 16.2. The normalized spacial score (nSPS) is 17.2. The van der Waals surface area contributed by atoms with Gasteiger partial charge in [0.15, 0.2) is 0 Å². The van der Waals surface area contributed by atoms with Crippen LogP contribution in [0, 0.1) is 0 Å². The summed E-state index contributed by atoms with van der Waals surface area (Å²) in [6.45, 7) is 7.61. The number of aliphatic hydroxyl groups is 2. The molecule has 0 saturated carbocycles. The largest absolute Gasteiger partial charge is 0.394 e. The van der Waals surface area contributed by atoms with Gasteiger partial charge >= 0.3 is 0 Å². The molecule has 0 atom stereocenters. The van der Waals surface area contributed by atoms with E-state index < -0.39 is 0 Å². The van der Waals surface area contributed by atoms with E-state index in [0.717, 1.165) is 55.3 Å². The molecule has 2 N–H and O–H groups in total. The van der Waals surface area contributed by atoms with Gasteiger partial charge in [0.2, 0.25) is 0 Å². The van der Waals surface area contributed by atoms with Crippen molar-refractivity contribution in [3.05, 3.63) is 54.1 Å². The Bertz CT molecular complexity index is 917. The molecule has 8 heteroatoms. The highest BCUT2D eigenvalue weighted by molar-refractivity contribution is 7.99. The van der Waals surface area contributed by atoms with Crippen molar-refractivity contribution < 1.29 is 24.2 Å². The van der Waals surface area contributed by atoms with Gasteiger partial charge < -0.3 is 29.1 Å². The third-order valence-electron chi connectivity index (χ3n) is 6.32. The van der Waals surface area contributed by atoms with Crippen molar-refractivity contribution >= 4 is 23.3 Å². The molecule has 1 saturated heterocycles. The van der Waals surface area contributed by atoms with Crippen molar-refractivity contribution in [3.63, 3.8) is 0 Å². The Hall–Kier alpha value is -1.94. The molecule has 0 amide bonds. The summed E-state index contributed by atoms with van der Waals surface area (Å²) < 4.78 is 12.1. The third-order valence-corrected chi connectivity index (χ3v) is 7.46. The van der Waals surface area contributed by atoms with Crippen LogP contribution < -0.4 is 0 Å². The Kier molecular flexibility index (Phi) is 8.77. The van der Waals surface area contributed by atoms with Crippen molar-refractivity contribution in [1.82, 2.24) is 4.90 Å². The second-order valence-electron chi connectivity index (χ2n) is 8.40. The standard InChI is InChI=1S/C25H34N3O4S/c29-15-19-31-17-13-28(14-18-32-20-16-30)11-9-27(10-12-28)25-21-5-1-3-7-23(21)33-24-8-4-2-6-22(24)26-25/h1-8,29-30H,9-20H2/q+1. The predicted molar refractivity (Wildman–Crippen MR) is 130 cm³/mol. The molecule has 0 aliphatic carbocycles. The van der Waals surface area contributed by atoms with E-state index in [1.807, 2.05) is 6.07 Å². The number of fused-ring (bicyclic) bond motifs is 2. The molecule has 4 rings (SSSR count). The van der Waals surface area contributed by atoms with E-state index in [1.54, 1.807) is 11.8 Å². The summed E-state index contributed by atoms with van der Waals surface area (Å²) >= 11 is 1.78. The highest BCUT2D eigenvalue weighted by Gasteiger charge is 2.35. The maximum Gasteiger partial charge on any atom is 0.138 e. The molecule has 0 radical (unpaired) electrons. The molecule has 1 fully saturated rings. The molecule has 7 nitrogen and oxygen atoms in total. The van der Waals surface area contributed by atoms with E-state index in [4.69, 9.17) is 24.7 Å². The van der Waals surface area contributed by atoms with E-state index in [-0.39, 0.29) is 13.2 Å². The number of ether oxygens (including phenoxy) is 2. The maximum atomic E-state index is 9.02. The molecule has 0 unspecified atom stereocenters. The Labute approximate surface area is 200 Å². The van der Waals surface area contributed by atoms with Crippen molar-refractivity contribution in [2.45, 2.75) is 9.79 Å². The number of hydrogen-bond donors (Lipinski definition) is 2. The number of amidine groups is 1. The molecule has 178 valence electrons. The van der Waals surface area contributed by atoms with Crippen molar-refractivity contribution in [2.24, 2.45) is 4.99 Å². The quantitative estimate of drug-likeness (QED) is 0.409. The summed E-state index contributed by atoms with van der Waals surface area (Å²) in [5, 5.41) is 18.0. The smallest absolute Gasteiger partial charge is 0.138 e. The van der Waals surface area contributed by atoms with Gasteiger partial charge in [-0.1, -0.05) is 42.1 Å². The Balaban J connectivity index is 1.51. The Morgan fingerprint density at radius 2 is 1.42 bits per heavy atom. The molecular formula is C25H34N3O4S+. The summed E-state index contributed by atoms with van der Waals surface area (Å²) in [5.74, 6) is 1.05. The van der Waals surface area contributed by atoms with Crippen molar-refractivity contribution in [3.8, 4) is 0 Å². The van der Waals surface area contributed by atoms with Crippen LogP contribution in [0.1, 0.15) is 5.56 Å². The fraction of sp³-hybridized carbons (Fsp3) is 0.480. The molecule has 0 bridgehead atoms. The van der Waals surface area contributed by atoms with Gasteiger partial charge in [-0.05, 0) is 18.2 Å². The topological polar surface area (TPSA) is 74.5 Å². The van der Waals surface area contributed by atoms with Gasteiger partial charge in [0.1, 0.15) is 18.9 Å². The average molecular weight is 473 g/mol. The van der Waals surface area contributed by atoms with Gasteiger partial charge in [0.05, 0.1) is 71.5 Å². The molecule has 0 spiro atoms. The number of aliphatic imine (C=N–C) groups is 1. The molecule has 2 aliphatic heterocycles. The molecule has 0 aromatic heterocycles. The van der Waals surface area contributed by atoms with Crippen LogP contribution in [-0.4, -0.2) is 104 Å². The third kappa shape index (κ3) is 6.15. The number of piperazine rings is 1. The lowest BCUT2D eigenvalue weighted by molar-refractivity contribution is -0.932. The van der Waals surface area contributed by atoms with Crippen LogP contribution in [-0.2, 0) is 9.47 Å². The SMILES string of the molecule is OCCOCC[N+]1(CCOCCO)CCN(C2=Nc3ccccc3Sc3ccccc32)CC1. The zero-order chi connectivity index (χ0) is 22.9. The Morgan fingerprint density at radius 1 is 0.818 bits per heavy atom. The van der Waals surface area contributed by atoms with Crippen molar-refractivity contribution in [1.29, 1.82) is 0 Å². The van der Waals surface area contributed by atoms with E-state index in [9.17, 15) is 0 Å². The van der Waals surface area contributed by atoms with E-state index in [2.05, 4.69) is 47.4 Å². The summed E-state index contributed by atoms with van der Waals surface area (Å²) in [6, 6.07) is 16.9. The van der Waals surface area contributed by atoms with Gasteiger partial charge in [-0.15, -0.1) is 0 Å². The van der Waals surface area contributed by atoms with Gasteiger partial charge in [-0.2, -0.15) is 0 Å². The zero-order valence-corrected chi connectivity index (χ0v) is 19.9. The van der Waals surface area contributed by atoms with Crippen LogP contribution in [0.5, 0.6) is 0 Å². The number of nitrogens with zero attached hydrogens (tertiary/aromatic N) is 3. The van der Waals surface area contributed by atoms with Crippen LogP contribution in [0.25, 0.3) is 0 Å². The predicted octanol–water partition coefficient (Wildman–Crippen LogP) is 2.38. The lowest BCUT2D eigenvalue weighted by Crippen LogP contribution is -2.62. The first-order valence-corrected chi connectivity index (χ1v) is 12.5. The number of hydrogen-bond acceptors (Lipinski definition) is 7. The molecule has 33 heavy (non-hydrogen) atoms. The van der Waals surface area contributed by atoms with Crippen LogP contribution in [0.2, 0.25) is 0 Å². The minimum atomic E-state index is 0.0477. The van der Waals surface area contributed by atoms with Gasteiger partial charge in [0, 0.05) is 15.4 Å². The van der Waals surface area contributed by atoms with Gasteiger partial charge in [0.25, 0.3) is 0 Å². The average Bonchev–Trinajstić information content (AvgIpc) is 3.02. The van der Waals surface area contributed by atoms with Crippen molar-refractivity contribution in [2.75, 3.05) is 78.9 Å². The monoisotopic (exact) mass is 472 g/mol. The number of rotatable bonds is 10. The number of para-hydroxylation sites is 1. The molecular weight excluding hydrogens is 438 g/mol. The lowest BCUT2D eigenvalue weighted by atomic mass is 10.1. The second kappa shape index (κ2) is 12.0. The molecule has 2 aliphatic rings. The number of aliphatic hydroxyl groups excluding tert-OH is 2. The zero-order valence-electron chi connectivity index (χ0n) is 19.1. The summed E-state index contributed by atoms with van der Waals surface area (Å²) in [5.41, 5.74) is 2.21. The fourth-order valence-electron chi connectivity index (χ4n) is 4.42. The maximum absolute atomic E-state index is 9.02. The van der Waals surface area contributed by atoms with E-state index >= 15 is 0 Å². The summed E-state index contributed by atoms with van der Waals surface area (Å²) in [7, 11) is 0. The van der Waals surface area contributed by atoms with Gasteiger partial charge in [-0.25, -0.2) is 4.99 Å². The highest BCUT2D eigenvalue weighted by atomic mass is 32.2. The van der Waals surface area contributed by atoms with Crippen LogP contribution in [0.3, 0.4) is 0 Å². The second-order valence-corrected chi connectivity index (χ2v) is 9.48. The summed E-state index contributed by atoms with van der Waals surface area (Å²) in [6.07, 6.45) is 0. The molecule has 2 aromatic rings. The van der Waals surface area contributed by atoms with E-state index in [0.29, 0.717) is 26.4 Å². The van der Waals surface area contributed by atoms with Crippen LogP contribution in [0.15, 0.2) is 63.3 Å². The number of benzene rings is 2. The van der Waals surface area contributed by atoms with Crippen LogP contribution >= 0.6 is 11.8 Å². The Morgan fingerprint density at radius 3 is 2.09 bits per heavy atom.